The van der Waals surface area contributed by atoms with Crippen LogP contribution in [0, 0.1) is 0 Å². The van der Waals surface area contributed by atoms with Crippen molar-refractivity contribution < 1.29 is 14.3 Å². The van der Waals surface area contributed by atoms with Gasteiger partial charge in [0.1, 0.15) is 23.8 Å². The van der Waals surface area contributed by atoms with Crippen LogP contribution in [0.2, 0.25) is 10.0 Å². The summed E-state index contributed by atoms with van der Waals surface area (Å²) in [6.45, 7) is 2.79. The smallest absolute Gasteiger partial charge is 0.205 e. The molecule has 156 valence electrons. The van der Waals surface area contributed by atoms with Crippen molar-refractivity contribution in [2.24, 2.45) is 0 Å². The number of carbonyl (C=O) groups excluding carboxylic acids is 1. The van der Waals surface area contributed by atoms with Gasteiger partial charge in [-0.2, -0.15) is 5.10 Å². The summed E-state index contributed by atoms with van der Waals surface area (Å²) < 4.78 is 13.6. The third-order valence-corrected chi connectivity index (χ3v) is 5.45. The van der Waals surface area contributed by atoms with Gasteiger partial charge >= 0.3 is 0 Å². The van der Waals surface area contributed by atoms with E-state index in [2.05, 4.69) is 21.0 Å². The highest BCUT2D eigenvalue weighted by Gasteiger charge is 2.14. The molecule has 0 aliphatic rings. The third kappa shape index (κ3) is 5.25. The van der Waals surface area contributed by atoms with E-state index in [1.165, 1.54) is 6.08 Å². The highest BCUT2D eigenvalue weighted by atomic mass is 79.9. The Bertz CT molecular complexity index is 1100. The van der Waals surface area contributed by atoms with Crippen LogP contribution in [-0.4, -0.2) is 22.7 Å². The van der Waals surface area contributed by atoms with E-state index >= 15 is 0 Å². The Morgan fingerprint density at radius 1 is 1.20 bits per heavy atom. The van der Waals surface area contributed by atoms with Gasteiger partial charge in [-0.25, -0.2) is 0 Å². The second-order valence-corrected chi connectivity index (χ2v) is 7.99. The van der Waals surface area contributed by atoms with E-state index in [4.69, 9.17) is 32.7 Å². The number of allylic oxidation sites excluding steroid dienone is 1. The highest BCUT2D eigenvalue weighted by Crippen LogP contribution is 2.30. The molecule has 0 spiro atoms. The largest absolute Gasteiger partial charge is 0.496 e. The molecule has 0 radical (unpaired) electrons. The third-order valence-electron chi connectivity index (χ3n) is 4.34. The van der Waals surface area contributed by atoms with Gasteiger partial charge in [0.25, 0.3) is 0 Å². The van der Waals surface area contributed by atoms with E-state index in [-0.39, 0.29) is 12.4 Å². The predicted octanol–water partition coefficient (Wildman–Crippen LogP) is 6.46. The van der Waals surface area contributed by atoms with Gasteiger partial charge in [0, 0.05) is 17.1 Å². The fraction of sp³-hybridized carbons (Fsp3) is 0.182. The number of ether oxygens (including phenoxy) is 2. The molecule has 0 saturated carbocycles. The van der Waals surface area contributed by atoms with E-state index in [0.29, 0.717) is 38.3 Å². The first-order chi connectivity index (χ1) is 14.4. The molecule has 5 nitrogen and oxygen atoms in total. The molecule has 0 saturated heterocycles. The quantitative estimate of drug-likeness (QED) is 0.258. The molecule has 0 unspecified atom stereocenters. The number of rotatable bonds is 8. The van der Waals surface area contributed by atoms with Crippen molar-refractivity contribution in [3.8, 4) is 11.5 Å². The molecule has 1 aromatic heterocycles. The first kappa shape index (κ1) is 22.4. The van der Waals surface area contributed by atoms with Crippen LogP contribution in [0.25, 0.3) is 6.08 Å². The predicted molar refractivity (Wildman–Crippen MR) is 123 cm³/mol. The summed E-state index contributed by atoms with van der Waals surface area (Å²) in [5.41, 5.74) is 2.17. The lowest BCUT2D eigenvalue weighted by molar-refractivity contribution is 0.103. The zero-order valence-electron chi connectivity index (χ0n) is 16.4. The highest BCUT2D eigenvalue weighted by molar-refractivity contribution is 9.10. The maximum absolute atomic E-state index is 12.6. The number of methoxy groups -OCH3 is 1. The van der Waals surface area contributed by atoms with Crippen molar-refractivity contribution in [2.45, 2.75) is 20.1 Å². The van der Waals surface area contributed by atoms with Gasteiger partial charge in [0.2, 0.25) is 5.78 Å². The normalized spacial score (nSPS) is 11.1. The molecule has 0 amide bonds. The van der Waals surface area contributed by atoms with Crippen molar-refractivity contribution in [1.82, 2.24) is 9.78 Å². The molecule has 8 heteroatoms. The molecule has 1 heterocycles. The van der Waals surface area contributed by atoms with Crippen LogP contribution in [0.4, 0.5) is 0 Å². The molecule has 0 aliphatic heterocycles. The van der Waals surface area contributed by atoms with E-state index in [9.17, 15) is 4.79 Å². The number of hydrogen-bond acceptors (Lipinski definition) is 4. The van der Waals surface area contributed by atoms with Crippen LogP contribution < -0.4 is 9.47 Å². The summed E-state index contributed by atoms with van der Waals surface area (Å²) in [5.74, 6) is 1.06. The summed E-state index contributed by atoms with van der Waals surface area (Å²) >= 11 is 15.5. The van der Waals surface area contributed by atoms with Gasteiger partial charge in [0.15, 0.2) is 0 Å². The van der Waals surface area contributed by atoms with E-state index in [1.807, 2.05) is 25.1 Å². The molecular weight excluding hydrogens is 491 g/mol. The van der Waals surface area contributed by atoms with Gasteiger partial charge in [-0.1, -0.05) is 35.3 Å². The second kappa shape index (κ2) is 10.2. The Kier molecular flexibility index (Phi) is 7.58. The van der Waals surface area contributed by atoms with Crippen LogP contribution in [0.1, 0.15) is 28.5 Å². The van der Waals surface area contributed by atoms with Crippen molar-refractivity contribution >= 4 is 51.0 Å². The lowest BCUT2D eigenvalue weighted by Crippen LogP contribution is -2.07. The monoisotopic (exact) mass is 508 g/mol. The topological polar surface area (TPSA) is 53.4 Å². The molecule has 0 atom stereocenters. The first-order valence-corrected chi connectivity index (χ1v) is 10.7. The number of aryl methyl sites for hydroxylation is 1. The molecule has 30 heavy (non-hydrogen) atoms. The van der Waals surface area contributed by atoms with Crippen molar-refractivity contribution in [3.63, 3.8) is 0 Å². The first-order valence-electron chi connectivity index (χ1n) is 9.11. The lowest BCUT2D eigenvalue weighted by atomic mass is 10.1. The number of hydrogen-bond donors (Lipinski definition) is 0. The molecule has 0 fully saturated rings. The molecule has 0 aliphatic carbocycles. The molecular formula is C22H19BrCl2N2O3. The summed E-state index contributed by atoms with van der Waals surface area (Å²) in [4.78, 5) is 12.6. The number of benzene rings is 2. The van der Waals surface area contributed by atoms with Crippen molar-refractivity contribution in [2.75, 3.05) is 7.11 Å². The summed E-state index contributed by atoms with van der Waals surface area (Å²) in [6, 6.07) is 10.7. The number of ketones is 1. The number of aromatic nitrogens is 2. The van der Waals surface area contributed by atoms with Crippen molar-refractivity contribution in [1.29, 1.82) is 0 Å². The Labute approximate surface area is 193 Å². The number of halogens is 3. The average Bonchev–Trinajstić information content (AvgIpc) is 3.12. The minimum atomic E-state index is -0.136. The van der Waals surface area contributed by atoms with Crippen molar-refractivity contribution in [3.05, 3.63) is 80.0 Å². The van der Waals surface area contributed by atoms with Gasteiger partial charge in [-0.05, 0) is 64.8 Å². The average molecular weight is 510 g/mol. The fourth-order valence-electron chi connectivity index (χ4n) is 2.86. The van der Waals surface area contributed by atoms with E-state index < -0.39 is 0 Å². The standard InChI is InChI=1S/C22H19BrCl2N2O3/c1-3-27-22(17(23)12-26-27)19(28)7-4-14-5-8-20(29-2)15(10-14)13-30-21-9-6-16(24)11-18(21)25/h4-12H,3,13H2,1-2H3/b7-4+. The van der Waals surface area contributed by atoms with Crippen LogP contribution in [-0.2, 0) is 13.2 Å². The van der Waals surface area contributed by atoms with Crippen LogP contribution >= 0.6 is 39.1 Å². The molecule has 0 bridgehead atoms. The number of nitrogens with zero attached hydrogens (tertiary/aromatic N) is 2. The van der Waals surface area contributed by atoms with Gasteiger partial charge in [-0.3, -0.25) is 9.48 Å². The summed E-state index contributed by atoms with van der Waals surface area (Å²) in [7, 11) is 1.59. The SMILES string of the molecule is CCn1ncc(Br)c1C(=O)/C=C/c1ccc(OC)c(COc2ccc(Cl)cc2Cl)c1. The van der Waals surface area contributed by atoms with Gasteiger partial charge < -0.3 is 9.47 Å². The minimum absolute atomic E-state index is 0.136. The summed E-state index contributed by atoms with van der Waals surface area (Å²) in [6.07, 6.45) is 4.89. The molecule has 3 rings (SSSR count). The lowest BCUT2D eigenvalue weighted by Gasteiger charge is -2.12. The Morgan fingerprint density at radius 3 is 2.67 bits per heavy atom. The van der Waals surface area contributed by atoms with E-state index in [1.54, 1.807) is 42.3 Å². The number of carbonyl (C=O) groups is 1. The minimum Gasteiger partial charge on any atom is -0.496 e. The Hall–Kier alpha value is -2.28. The Balaban J connectivity index is 1.79. The van der Waals surface area contributed by atoms with Gasteiger partial charge in [0.05, 0.1) is 22.8 Å². The zero-order chi connectivity index (χ0) is 21.7. The molecule has 3 aromatic rings. The van der Waals surface area contributed by atoms with E-state index in [0.717, 1.165) is 11.1 Å². The molecule has 0 N–H and O–H groups in total. The maximum atomic E-state index is 12.6. The van der Waals surface area contributed by atoms with Crippen LogP contribution in [0.5, 0.6) is 11.5 Å². The van der Waals surface area contributed by atoms with Gasteiger partial charge in [-0.15, -0.1) is 0 Å². The fourth-order valence-corrected chi connectivity index (χ4v) is 3.82. The van der Waals surface area contributed by atoms with Crippen LogP contribution in [0.15, 0.2) is 53.1 Å². The molecule has 2 aromatic carbocycles. The Morgan fingerprint density at radius 2 is 1.97 bits per heavy atom. The van der Waals surface area contributed by atoms with Crippen LogP contribution in [0.3, 0.4) is 0 Å². The zero-order valence-corrected chi connectivity index (χ0v) is 19.5. The second-order valence-electron chi connectivity index (χ2n) is 6.29. The summed E-state index contributed by atoms with van der Waals surface area (Å²) in [5, 5.41) is 5.15. The maximum Gasteiger partial charge on any atom is 0.205 e.